The standard InChI is InChI=1S/C18H22ClFN4/c1-3-16-17(20)18(22-12-21-16)24-10-8-23(9-11-24)13(2)14-6-4-5-7-15(14)19/h4-7,12-13H,3,8-11H2,1-2H3. The van der Waals surface area contributed by atoms with Crippen molar-refractivity contribution in [1.29, 1.82) is 0 Å². The molecule has 3 rings (SSSR count). The van der Waals surface area contributed by atoms with Crippen molar-refractivity contribution in [2.75, 3.05) is 31.1 Å². The molecule has 1 aromatic carbocycles. The lowest BCUT2D eigenvalue weighted by atomic mass is 10.1. The minimum Gasteiger partial charge on any atom is -0.352 e. The van der Waals surface area contributed by atoms with E-state index in [0.717, 1.165) is 36.8 Å². The summed E-state index contributed by atoms with van der Waals surface area (Å²) in [5, 5.41) is 0.793. The molecule has 1 atom stereocenters. The molecule has 6 heteroatoms. The van der Waals surface area contributed by atoms with Crippen molar-refractivity contribution < 1.29 is 4.39 Å². The molecule has 0 bridgehead atoms. The number of hydrogen-bond acceptors (Lipinski definition) is 4. The molecule has 1 fully saturated rings. The first-order chi connectivity index (χ1) is 11.6. The molecule has 4 nitrogen and oxygen atoms in total. The Balaban J connectivity index is 1.69. The van der Waals surface area contributed by atoms with Crippen molar-refractivity contribution in [3.63, 3.8) is 0 Å². The molecule has 0 amide bonds. The van der Waals surface area contributed by atoms with Gasteiger partial charge in [-0.3, -0.25) is 4.90 Å². The number of nitrogens with zero attached hydrogens (tertiary/aromatic N) is 4. The minimum atomic E-state index is -0.285. The number of hydrogen-bond donors (Lipinski definition) is 0. The topological polar surface area (TPSA) is 32.3 Å². The predicted molar refractivity (Wildman–Crippen MR) is 95.0 cm³/mol. The minimum absolute atomic E-state index is 0.238. The average molecular weight is 349 g/mol. The number of rotatable bonds is 4. The van der Waals surface area contributed by atoms with E-state index in [1.807, 2.05) is 30.0 Å². The van der Waals surface area contributed by atoms with Crippen molar-refractivity contribution in [1.82, 2.24) is 14.9 Å². The average Bonchev–Trinajstić information content (AvgIpc) is 2.62. The molecule has 128 valence electrons. The van der Waals surface area contributed by atoms with Gasteiger partial charge in [-0.15, -0.1) is 0 Å². The van der Waals surface area contributed by atoms with Crippen LogP contribution in [0.4, 0.5) is 10.2 Å². The normalized spacial score (nSPS) is 17.1. The molecule has 2 heterocycles. The predicted octanol–water partition coefficient (Wildman–Crippen LogP) is 3.71. The largest absolute Gasteiger partial charge is 0.352 e. The highest BCUT2D eigenvalue weighted by Gasteiger charge is 2.25. The summed E-state index contributed by atoms with van der Waals surface area (Å²) < 4.78 is 14.4. The number of piperazine rings is 1. The van der Waals surface area contributed by atoms with Gasteiger partial charge in [0, 0.05) is 37.2 Å². The van der Waals surface area contributed by atoms with E-state index in [0.29, 0.717) is 17.9 Å². The summed E-state index contributed by atoms with van der Waals surface area (Å²) in [5.74, 6) is 0.138. The Morgan fingerprint density at radius 3 is 2.54 bits per heavy atom. The molecular weight excluding hydrogens is 327 g/mol. The second-order valence-corrected chi connectivity index (χ2v) is 6.44. The van der Waals surface area contributed by atoms with Crippen LogP contribution in [0.2, 0.25) is 5.02 Å². The van der Waals surface area contributed by atoms with Crippen LogP contribution in [0.15, 0.2) is 30.6 Å². The Hall–Kier alpha value is -1.72. The Kier molecular flexibility index (Phi) is 5.31. The fourth-order valence-corrected chi connectivity index (χ4v) is 3.49. The lowest BCUT2D eigenvalue weighted by Gasteiger charge is -2.39. The van der Waals surface area contributed by atoms with Crippen molar-refractivity contribution in [3.05, 3.63) is 52.7 Å². The lowest BCUT2D eigenvalue weighted by Crippen LogP contribution is -2.47. The van der Waals surface area contributed by atoms with Gasteiger partial charge in [-0.1, -0.05) is 36.7 Å². The summed E-state index contributed by atoms with van der Waals surface area (Å²) in [6.45, 7) is 7.24. The van der Waals surface area contributed by atoms with E-state index >= 15 is 0 Å². The molecule has 0 N–H and O–H groups in total. The van der Waals surface area contributed by atoms with E-state index in [9.17, 15) is 4.39 Å². The van der Waals surface area contributed by atoms with Crippen LogP contribution in [0.1, 0.15) is 31.1 Å². The lowest BCUT2D eigenvalue weighted by molar-refractivity contribution is 0.198. The molecule has 24 heavy (non-hydrogen) atoms. The second kappa shape index (κ2) is 7.45. The molecule has 1 aliphatic heterocycles. The number of anilines is 1. The quantitative estimate of drug-likeness (QED) is 0.843. The maximum Gasteiger partial charge on any atom is 0.187 e. The van der Waals surface area contributed by atoms with Crippen LogP contribution < -0.4 is 4.90 Å². The van der Waals surface area contributed by atoms with Crippen molar-refractivity contribution in [3.8, 4) is 0 Å². The molecule has 0 spiro atoms. The van der Waals surface area contributed by atoms with Crippen LogP contribution >= 0.6 is 11.6 Å². The summed E-state index contributed by atoms with van der Waals surface area (Å²) in [4.78, 5) is 12.5. The molecule has 0 saturated carbocycles. The van der Waals surface area contributed by atoms with E-state index in [-0.39, 0.29) is 11.9 Å². The van der Waals surface area contributed by atoms with E-state index in [2.05, 4.69) is 27.9 Å². The number of aryl methyl sites for hydroxylation is 1. The zero-order valence-corrected chi connectivity index (χ0v) is 14.8. The number of aromatic nitrogens is 2. The molecule has 1 aromatic heterocycles. The van der Waals surface area contributed by atoms with Crippen LogP contribution in [-0.4, -0.2) is 41.0 Å². The van der Waals surface area contributed by atoms with Gasteiger partial charge in [0.2, 0.25) is 0 Å². The summed E-state index contributed by atoms with van der Waals surface area (Å²) in [6, 6.07) is 8.18. The molecule has 2 aromatic rings. The van der Waals surface area contributed by atoms with Gasteiger partial charge in [0.25, 0.3) is 0 Å². The van der Waals surface area contributed by atoms with Gasteiger partial charge in [0.15, 0.2) is 11.6 Å². The molecule has 1 unspecified atom stereocenters. The van der Waals surface area contributed by atoms with Crippen LogP contribution in [0.3, 0.4) is 0 Å². The Morgan fingerprint density at radius 1 is 1.17 bits per heavy atom. The van der Waals surface area contributed by atoms with Gasteiger partial charge in [-0.25, -0.2) is 14.4 Å². The van der Waals surface area contributed by atoms with Crippen molar-refractivity contribution >= 4 is 17.4 Å². The van der Waals surface area contributed by atoms with Crippen molar-refractivity contribution in [2.24, 2.45) is 0 Å². The van der Waals surface area contributed by atoms with E-state index in [1.165, 1.54) is 6.33 Å². The van der Waals surface area contributed by atoms with E-state index in [4.69, 9.17) is 11.6 Å². The van der Waals surface area contributed by atoms with Crippen molar-refractivity contribution in [2.45, 2.75) is 26.3 Å². The SMILES string of the molecule is CCc1ncnc(N2CCN(C(C)c3ccccc3Cl)CC2)c1F. The maximum absolute atomic E-state index is 14.4. The highest BCUT2D eigenvalue weighted by Crippen LogP contribution is 2.29. The second-order valence-electron chi connectivity index (χ2n) is 6.03. The fourth-order valence-electron chi connectivity index (χ4n) is 3.19. The Morgan fingerprint density at radius 2 is 1.88 bits per heavy atom. The van der Waals surface area contributed by atoms with Gasteiger partial charge in [-0.05, 0) is 25.0 Å². The van der Waals surface area contributed by atoms with Crippen LogP contribution in [0.25, 0.3) is 0 Å². The monoisotopic (exact) mass is 348 g/mol. The maximum atomic E-state index is 14.4. The molecule has 0 aliphatic carbocycles. The molecular formula is C18H22ClFN4. The zero-order chi connectivity index (χ0) is 17.1. The number of benzene rings is 1. The first-order valence-corrected chi connectivity index (χ1v) is 8.72. The zero-order valence-electron chi connectivity index (χ0n) is 14.0. The smallest absolute Gasteiger partial charge is 0.187 e. The Bertz CT molecular complexity index is 701. The summed E-state index contributed by atoms with van der Waals surface area (Å²) in [5.41, 5.74) is 1.61. The van der Waals surface area contributed by atoms with Gasteiger partial charge in [0.05, 0.1) is 5.69 Å². The third-order valence-corrected chi connectivity index (χ3v) is 5.04. The van der Waals surface area contributed by atoms with Crippen LogP contribution in [0, 0.1) is 5.82 Å². The van der Waals surface area contributed by atoms with Gasteiger partial charge < -0.3 is 4.90 Å². The van der Waals surface area contributed by atoms with Crippen LogP contribution in [0.5, 0.6) is 0 Å². The molecule has 1 aliphatic rings. The first-order valence-electron chi connectivity index (χ1n) is 8.34. The highest BCUT2D eigenvalue weighted by molar-refractivity contribution is 6.31. The van der Waals surface area contributed by atoms with Gasteiger partial charge in [-0.2, -0.15) is 0 Å². The third-order valence-electron chi connectivity index (χ3n) is 4.69. The first kappa shape index (κ1) is 17.1. The van der Waals surface area contributed by atoms with Gasteiger partial charge >= 0.3 is 0 Å². The molecule has 0 radical (unpaired) electrons. The number of halogens is 2. The fraction of sp³-hybridized carbons (Fsp3) is 0.444. The van der Waals surface area contributed by atoms with Gasteiger partial charge in [0.1, 0.15) is 6.33 Å². The summed E-state index contributed by atoms with van der Waals surface area (Å²) in [7, 11) is 0. The summed E-state index contributed by atoms with van der Waals surface area (Å²) >= 11 is 6.31. The highest BCUT2D eigenvalue weighted by atomic mass is 35.5. The van der Waals surface area contributed by atoms with E-state index < -0.39 is 0 Å². The third kappa shape index (κ3) is 3.37. The summed E-state index contributed by atoms with van der Waals surface area (Å²) in [6.07, 6.45) is 2.03. The van der Waals surface area contributed by atoms with E-state index in [1.54, 1.807) is 0 Å². The molecule has 1 saturated heterocycles. The Labute approximate surface area is 147 Å². The van der Waals surface area contributed by atoms with Crippen LogP contribution in [-0.2, 0) is 6.42 Å².